The van der Waals surface area contributed by atoms with Crippen molar-refractivity contribution < 1.29 is 19.3 Å². The van der Waals surface area contributed by atoms with Crippen LogP contribution in [0.3, 0.4) is 0 Å². The first kappa shape index (κ1) is 15.4. The van der Waals surface area contributed by atoms with E-state index in [4.69, 9.17) is 25.8 Å². The molecule has 4 nitrogen and oxygen atoms in total. The first-order valence-corrected chi connectivity index (χ1v) is 7.21. The van der Waals surface area contributed by atoms with Gasteiger partial charge in [-0.25, -0.2) is 0 Å². The van der Waals surface area contributed by atoms with Crippen molar-refractivity contribution in [2.45, 2.75) is 32.0 Å². The van der Waals surface area contributed by atoms with Crippen molar-refractivity contribution in [2.24, 2.45) is 5.92 Å². The van der Waals surface area contributed by atoms with E-state index in [0.29, 0.717) is 28.7 Å². The third-order valence-corrected chi connectivity index (χ3v) is 4.26. The van der Waals surface area contributed by atoms with Crippen LogP contribution in [0.1, 0.15) is 31.4 Å². The lowest BCUT2D eigenvalue weighted by molar-refractivity contribution is 0.0297. The zero-order chi connectivity index (χ0) is 14.7. The maximum Gasteiger partial charge on any atom is 0.147 e. The summed E-state index contributed by atoms with van der Waals surface area (Å²) in [6, 6.07) is 3.55. The van der Waals surface area contributed by atoms with E-state index in [2.05, 4.69) is 6.92 Å². The minimum absolute atomic E-state index is 0.0679. The zero-order valence-electron chi connectivity index (χ0n) is 12.1. The molecule has 0 aliphatic carbocycles. The van der Waals surface area contributed by atoms with Crippen LogP contribution in [0.2, 0.25) is 5.02 Å². The number of aliphatic hydroxyl groups excluding tert-OH is 1. The van der Waals surface area contributed by atoms with Gasteiger partial charge in [0, 0.05) is 18.1 Å². The number of rotatable bonds is 5. The van der Waals surface area contributed by atoms with Crippen molar-refractivity contribution in [3.8, 4) is 11.5 Å². The van der Waals surface area contributed by atoms with Gasteiger partial charge in [-0.3, -0.25) is 0 Å². The Hall–Kier alpha value is -0.970. The third kappa shape index (κ3) is 2.73. The summed E-state index contributed by atoms with van der Waals surface area (Å²) in [7, 11) is 3.09. The Morgan fingerprint density at radius 3 is 2.75 bits per heavy atom. The summed E-state index contributed by atoms with van der Waals surface area (Å²) >= 11 is 6.24. The number of hydrogen-bond donors (Lipinski definition) is 1. The van der Waals surface area contributed by atoms with E-state index in [9.17, 15) is 5.11 Å². The van der Waals surface area contributed by atoms with E-state index in [-0.39, 0.29) is 12.0 Å². The van der Waals surface area contributed by atoms with Crippen molar-refractivity contribution in [1.82, 2.24) is 0 Å². The van der Waals surface area contributed by atoms with Crippen molar-refractivity contribution in [3.63, 3.8) is 0 Å². The van der Waals surface area contributed by atoms with Crippen LogP contribution < -0.4 is 9.47 Å². The number of benzene rings is 1. The van der Waals surface area contributed by atoms with Crippen molar-refractivity contribution in [3.05, 3.63) is 22.7 Å². The first-order valence-electron chi connectivity index (χ1n) is 6.84. The molecule has 0 saturated carbocycles. The minimum Gasteiger partial charge on any atom is -0.495 e. The van der Waals surface area contributed by atoms with Crippen LogP contribution in [0.15, 0.2) is 12.1 Å². The Balaban J connectivity index is 2.34. The molecular formula is C15H21ClO4. The zero-order valence-corrected chi connectivity index (χ0v) is 12.8. The van der Waals surface area contributed by atoms with Gasteiger partial charge >= 0.3 is 0 Å². The van der Waals surface area contributed by atoms with Crippen LogP contribution in [-0.4, -0.2) is 32.0 Å². The van der Waals surface area contributed by atoms with Crippen molar-refractivity contribution in [2.75, 3.05) is 20.8 Å². The average molecular weight is 301 g/mol. The van der Waals surface area contributed by atoms with Gasteiger partial charge in [0.15, 0.2) is 0 Å². The molecule has 1 aromatic rings. The van der Waals surface area contributed by atoms with Gasteiger partial charge in [0.1, 0.15) is 16.5 Å². The van der Waals surface area contributed by atoms with Gasteiger partial charge in [-0.15, -0.1) is 0 Å². The molecule has 1 fully saturated rings. The maximum absolute atomic E-state index is 10.7. The molecule has 1 aromatic carbocycles. The van der Waals surface area contributed by atoms with E-state index in [1.54, 1.807) is 26.4 Å². The summed E-state index contributed by atoms with van der Waals surface area (Å²) in [5.74, 6) is 1.08. The Kier molecular flexibility index (Phi) is 5.13. The van der Waals surface area contributed by atoms with E-state index < -0.39 is 6.10 Å². The molecule has 0 radical (unpaired) electrons. The molecule has 1 N–H and O–H groups in total. The molecule has 2 rings (SSSR count). The second kappa shape index (κ2) is 6.66. The number of hydrogen-bond acceptors (Lipinski definition) is 4. The average Bonchev–Trinajstić information content (AvgIpc) is 2.94. The number of aliphatic hydroxyl groups is 1. The van der Waals surface area contributed by atoms with Crippen LogP contribution >= 0.6 is 11.6 Å². The largest absolute Gasteiger partial charge is 0.495 e. The predicted octanol–water partition coefficient (Wildman–Crippen LogP) is 3.21. The quantitative estimate of drug-likeness (QED) is 0.907. The van der Waals surface area contributed by atoms with Gasteiger partial charge in [-0.1, -0.05) is 18.5 Å². The Morgan fingerprint density at radius 1 is 1.40 bits per heavy atom. The SMILES string of the molecule is CCC1OCCC1C(O)c1ccc(OC)c(Cl)c1OC. The maximum atomic E-state index is 10.7. The molecule has 3 atom stereocenters. The molecule has 20 heavy (non-hydrogen) atoms. The molecule has 0 amide bonds. The van der Waals surface area contributed by atoms with Gasteiger partial charge in [-0.05, 0) is 25.0 Å². The molecule has 0 bridgehead atoms. The standard InChI is InChI=1S/C15H21ClO4/c1-4-11-9(7-8-20-11)14(17)10-5-6-12(18-2)13(16)15(10)19-3/h5-6,9,11,14,17H,4,7-8H2,1-3H3. The van der Waals surface area contributed by atoms with Crippen LogP contribution in [0.4, 0.5) is 0 Å². The minimum atomic E-state index is -0.652. The van der Waals surface area contributed by atoms with E-state index in [1.165, 1.54) is 0 Å². The van der Waals surface area contributed by atoms with E-state index in [1.807, 2.05) is 0 Å². The Morgan fingerprint density at radius 2 is 2.15 bits per heavy atom. The highest BCUT2D eigenvalue weighted by Crippen LogP contribution is 2.43. The van der Waals surface area contributed by atoms with Gasteiger partial charge in [-0.2, -0.15) is 0 Å². The van der Waals surface area contributed by atoms with Gasteiger partial charge in [0.25, 0.3) is 0 Å². The van der Waals surface area contributed by atoms with Crippen LogP contribution in [-0.2, 0) is 4.74 Å². The summed E-state index contributed by atoms with van der Waals surface area (Å²) in [4.78, 5) is 0. The second-order valence-corrected chi connectivity index (χ2v) is 5.30. The van der Waals surface area contributed by atoms with E-state index >= 15 is 0 Å². The number of methoxy groups -OCH3 is 2. The summed E-state index contributed by atoms with van der Waals surface area (Å²) in [5.41, 5.74) is 0.687. The molecule has 3 unspecified atom stereocenters. The fraction of sp³-hybridized carbons (Fsp3) is 0.600. The summed E-state index contributed by atoms with van der Waals surface area (Å²) in [6.45, 7) is 2.75. The fourth-order valence-corrected chi connectivity index (χ4v) is 3.15. The van der Waals surface area contributed by atoms with Crippen LogP contribution in [0.25, 0.3) is 0 Å². The second-order valence-electron chi connectivity index (χ2n) is 4.92. The van der Waals surface area contributed by atoms with E-state index in [0.717, 1.165) is 12.8 Å². The molecule has 1 aliphatic rings. The Labute approximate surface area is 124 Å². The molecule has 112 valence electrons. The third-order valence-electron chi connectivity index (χ3n) is 3.90. The van der Waals surface area contributed by atoms with Gasteiger partial charge < -0.3 is 19.3 Å². The lowest BCUT2D eigenvalue weighted by Crippen LogP contribution is -2.22. The number of halogens is 1. The summed E-state index contributed by atoms with van der Waals surface area (Å²) in [6.07, 6.45) is 1.15. The molecule has 0 aromatic heterocycles. The van der Waals surface area contributed by atoms with Gasteiger partial charge in [0.05, 0.1) is 26.4 Å². The highest BCUT2D eigenvalue weighted by molar-refractivity contribution is 6.33. The number of ether oxygens (including phenoxy) is 3. The highest BCUT2D eigenvalue weighted by Gasteiger charge is 2.35. The van der Waals surface area contributed by atoms with Crippen molar-refractivity contribution in [1.29, 1.82) is 0 Å². The smallest absolute Gasteiger partial charge is 0.147 e. The Bertz CT molecular complexity index is 463. The van der Waals surface area contributed by atoms with Gasteiger partial charge in [0.2, 0.25) is 0 Å². The topological polar surface area (TPSA) is 47.9 Å². The molecule has 1 saturated heterocycles. The fourth-order valence-electron chi connectivity index (χ4n) is 2.83. The van der Waals surface area contributed by atoms with Crippen LogP contribution in [0, 0.1) is 5.92 Å². The molecular weight excluding hydrogens is 280 g/mol. The summed E-state index contributed by atoms with van der Waals surface area (Å²) in [5, 5.41) is 11.0. The summed E-state index contributed by atoms with van der Waals surface area (Å²) < 4.78 is 16.2. The van der Waals surface area contributed by atoms with Crippen molar-refractivity contribution >= 4 is 11.6 Å². The van der Waals surface area contributed by atoms with Crippen LogP contribution in [0.5, 0.6) is 11.5 Å². The molecule has 1 heterocycles. The molecule has 1 aliphatic heterocycles. The lowest BCUT2D eigenvalue weighted by Gasteiger charge is -2.25. The predicted molar refractivity (Wildman–Crippen MR) is 77.7 cm³/mol. The first-order chi connectivity index (χ1) is 9.63. The monoisotopic (exact) mass is 300 g/mol. The normalized spacial score (nSPS) is 23.6. The molecule has 5 heteroatoms. The molecule has 0 spiro atoms. The highest BCUT2D eigenvalue weighted by atomic mass is 35.5. The lowest BCUT2D eigenvalue weighted by atomic mass is 9.88.